The summed E-state index contributed by atoms with van der Waals surface area (Å²) in [7, 11) is -1.54. The molecule has 0 fully saturated rings. The van der Waals surface area contributed by atoms with Crippen LogP contribution >= 0.6 is 51.2 Å². The highest BCUT2D eigenvalue weighted by molar-refractivity contribution is 9.10. The lowest BCUT2D eigenvalue weighted by atomic mass is 9.77. The highest BCUT2D eigenvalue weighted by Crippen LogP contribution is 2.40. The van der Waals surface area contributed by atoms with E-state index in [0.717, 1.165) is 69.7 Å². The van der Waals surface area contributed by atoms with E-state index in [1.165, 1.54) is 11.1 Å². The van der Waals surface area contributed by atoms with Gasteiger partial charge in [-0.05, 0) is 100 Å². The second kappa shape index (κ2) is 35.4. The predicted octanol–water partition coefficient (Wildman–Crippen LogP) is 13.8. The van der Waals surface area contributed by atoms with Crippen molar-refractivity contribution in [2.24, 2.45) is 0 Å². The molecule has 11 aromatic rings. The smallest absolute Gasteiger partial charge is 0.481 e. The molecule has 0 saturated heterocycles. The van der Waals surface area contributed by atoms with Crippen LogP contribution in [-0.2, 0) is 22.4 Å². The molecule has 0 atom stereocenters. The summed E-state index contributed by atoms with van der Waals surface area (Å²) < 4.78 is 1.06. The number of halogens is 1. The maximum Gasteiger partial charge on any atom is 0.489 e. The Morgan fingerprint density at radius 1 is 0.510 bits per heavy atom. The van der Waals surface area contributed by atoms with Crippen molar-refractivity contribution in [1.29, 1.82) is 0 Å². The van der Waals surface area contributed by atoms with E-state index < -0.39 is 13.1 Å². The zero-order chi connectivity index (χ0) is 71.3. The summed E-state index contributed by atoms with van der Waals surface area (Å²) in [6.45, 7) is 27.8. The Bertz CT molecular complexity index is 4320. The summed E-state index contributed by atoms with van der Waals surface area (Å²) in [5.41, 5.74) is 24.8. The van der Waals surface area contributed by atoms with Crippen LogP contribution in [0.2, 0.25) is 0 Å². The molecule has 0 bridgehead atoms. The van der Waals surface area contributed by atoms with Crippen LogP contribution in [0.25, 0.3) is 56.4 Å². The third kappa shape index (κ3) is 24.1. The second-order valence-electron chi connectivity index (χ2n) is 25.7. The number of carbonyl (C=O) groups excluding carboxylic acids is 1. The Hall–Kier alpha value is -9.19. The maximum atomic E-state index is 13.0. The van der Waals surface area contributed by atoms with Crippen molar-refractivity contribution in [3.05, 3.63) is 185 Å². The van der Waals surface area contributed by atoms with E-state index in [4.69, 9.17) is 31.6 Å². The van der Waals surface area contributed by atoms with E-state index >= 15 is 0 Å². The van der Waals surface area contributed by atoms with Gasteiger partial charge in [0, 0.05) is 65.1 Å². The molecule has 23 nitrogen and oxygen atoms in total. The number of aliphatic carboxylic acids is 1. The predicted molar refractivity (Wildman–Crippen MR) is 397 cm³/mol. The summed E-state index contributed by atoms with van der Waals surface area (Å²) in [6, 6.07) is 44.2. The van der Waals surface area contributed by atoms with Gasteiger partial charge in [0.25, 0.3) is 0 Å². The Morgan fingerprint density at radius 2 is 0.888 bits per heavy atom. The number of aromatic amines is 3. The molecule has 11 rings (SSSR count). The first kappa shape index (κ1) is 76.2. The fourth-order valence-corrected chi connectivity index (χ4v) is 12.1. The summed E-state index contributed by atoms with van der Waals surface area (Å²) in [4.78, 5) is 37.0. The molecule has 0 saturated carbocycles. The van der Waals surface area contributed by atoms with Gasteiger partial charge in [0.2, 0.25) is 23.4 Å². The fourth-order valence-electron chi connectivity index (χ4n) is 9.08. The number of benzene rings is 5. The molecule has 0 aliphatic rings. The van der Waals surface area contributed by atoms with Gasteiger partial charge in [-0.25, -0.2) is 15.0 Å². The maximum absolute atomic E-state index is 13.0. The van der Waals surface area contributed by atoms with Gasteiger partial charge >= 0.3 is 13.1 Å². The number of carboxylic acid groups (broad SMARTS) is 1. The number of anilines is 3. The zero-order valence-corrected chi connectivity index (χ0v) is 61.0. The van der Waals surface area contributed by atoms with Gasteiger partial charge in [0.15, 0.2) is 0 Å². The van der Waals surface area contributed by atoms with Crippen molar-refractivity contribution in [2.75, 3.05) is 16.8 Å². The highest BCUT2D eigenvalue weighted by Gasteiger charge is 2.23. The number of nitrogens with two attached hydrogens (primary N) is 2. The summed E-state index contributed by atoms with van der Waals surface area (Å²) in [5, 5.41) is 74.2. The molecule has 5 aromatic carbocycles. The first-order valence-electron chi connectivity index (χ1n) is 31.2. The summed E-state index contributed by atoms with van der Waals surface area (Å²) in [5.74, 6) is 1.49. The zero-order valence-electron chi connectivity index (χ0n) is 56.9. The molecule has 1 amide bonds. The number of nitrogens with zero attached hydrogens (tertiary/aromatic N) is 12. The molecular weight excluding hydrogens is 1360 g/mol. The van der Waals surface area contributed by atoms with Crippen LogP contribution in [0.5, 0.6) is 0 Å². The first-order chi connectivity index (χ1) is 46.4. The van der Waals surface area contributed by atoms with E-state index in [2.05, 4.69) is 195 Å². The number of carboxylic acids is 1. The molecule has 98 heavy (non-hydrogen) atoms. The van der Waals surface area contributed by atoms with Crippen LogP contribution in [0.1, 0.15) is 124 Å². The standard InChI is InChI=1S/C27H30N6OS.C16H18N6S.C11H14O2.C9H13BrN2S.C7H7BN4O2/c1-17(2)19-12-10-18(11-13-19)14-24(34)29-23-15-20(16-28-26(23)35-27(3,4)5)21-8-6-7-9-22(21)25-30-32-33-31-25;1-16(2,3)23-15-13(17)8-10(9-18-15)11-6-4-5-7-12(11)14-19-21-22-20-14;1-8(2)10-5-3-9(4-6-10)7-11(12)13;1-9(2,3)13-8-7(11)4-6(10)5-12-8;13-8(14)6-4-2-1-3-5(6)7-9-11-12-10-7/h6-13,15-17H,14H2,1-5H3,(H,29,34)(H,30,31,32,33);4-9H,17H2,1-3H3,(H,19,20,21,22);3-6,8H,7H2,1-2H3,(H,12,13);4-5H,11H2,1-3H3;1-4,13-14H,(H,9,10,11,12). The average Bonchev–Trinajstić information content (AvgIpc) is 1.08. The van der Waals surface area contributed by atoms with Crippen LogP contribution < -0.4 is 22.2 Å². The SMILES string of the molecule is CC(C)(C)Sc1ncc(-c2ccccc2-c2nn[nH]n2)cc1N.CC(C)(C)Sc1ncc(Br)cc1N.CC(C)c1ccc(CC(=O)Nc2cc(-c3ccccc3-c3nn[nH]n3)cnc2SC(C)(C)C)cc1.CC(C)c1ccc(CC(=O)O)cc1.OB(O)c1ccccc1-c1nn[nH]n1. The van der Waals surface area contributed by atoms with Crippen LogP contribution in [-0.4, -0.2) is 125 Å². The third-order valence-electron chi connectivity index (χ3n) is 13.5. The summed E-state index contributed by atoms with van der Waals surface area (Å²) in [6.07, 6.45) is 5.83. The second-order valence-corrected chi connectivity index (χ2v) is 32.1. The number of rotatable bonds is 16. The van der Waals surface area contributed by atoms with Gasteiger partial charge < -0.3 is 31.9 Å². The van der Waals surface area contributed by atoms with Gasteiger partial charge in [-0.15, -0.1) is 30.6 Å². The third-order valence-corrected chi connectivity index (χ3v) is 17.4. The lowest BCUT2D eigenvalue weighted by Gasteiger charge is -2.20. The number of aromatic nitrogens is 15. The Kier molecular flexibility index (Phi) is 27.5. The van der Waals surface area contributed by atoms with Crippen molar-refractivity contribution in [3.8, 4) is 56.4 Å². The molecular formula is C70H82BBrN18O5S3. The number of nitrogens with one attached hydrogen (secondary N) is 4. The number of amides is 1. The fraction of sp³-hybridized carbons (Fsp3) is 0.286. The van der Waals surface area contributed by atoms with Crippen LogP contribution in [0.4, 0.5) is 17.1 Å². The Labute approximate surface area is 592 Å². The van der Waals surface area contributed by atoms with Crippen molar-refractivity contribution in [2.45, 2.75) is 144 Å². The van der Waals surface area contributed by atoms with E-state index in [1.54, 1.807) is 65.7 Å². The number of pyridine rings is 3. The monoisotopic (exact) mass is 1440 g/mol. The number of hydrogen-bond donors (Lipinski definition) is 9. The van der Waals surface area contributed by atoms with Crippen LogP contribution in [0.15, 0.2) is 178 Å². The lowest BCUT2D eigenvalue weighted by molar-refractivity contribution is -0.136. The molecule has 510 valence electrons. The largest absolute Gasteiger partial charge is 0.489 e. The average molecular weight is 1440 g/mol. The minimum Gasteiger partial charge on any atom is -0.481 e. The van der Waals surface area contributed by atoms with Crippen molar-refractivity contribution in [1.82, 2.24) is 76.8 Å². The number of hydrogen-bond acceptors (Lipinski definition) is 21. The number of thioether (sulfide) groups is 3. The molecule has 0 unspecified atom stereocenters. The van der Waals surface area contributed by atoms with Gasteiger partial charge in [-0.2, -0.15) is 15.6 Å². The first-order valence-corrected chi connectivity index (χ1v) is 34.4. The number of nitrogen functional groups attached to an aromatic ring is 2. The Morgan fingerprint density at radius 3 is 1.29 bits per heavy atom. The molecule has 28 heteroatoms. The number of tetrazole rings is 3. The van der Waals surface area contributed by atoms with E-state index in [-0.39, 0.29) is 26.6 Å². The minimum absolute atomic E-state index is 0.0607. The molecule has 11 N–H and O–H groups in total. The van der Waals surface area contributed by atoms with Crippen LogP contribution in [0.3, 0.4) is 0 Å². The van der Waals surface area contributed by atoms with Gasteiger partial charge in [0.05, 0.1) is 29.9 Å². The van der Waals surface area contributed by atoms with Crippen molar-refractivity contribution >= 4 is 92.7 Å². The topological polar surface area (TPSA) is 361 Å². The van der Waals surface area contributed by atoms with Crippen molar-refractivity contribution < 1.29 is 24.7 Å². The van der Waals surface area contributed by atoms with Crippen molar-refractivity contribution in [3.63, 3.8) is 0 Å². The quantitative estimate of drug-likeness (QED) is 0.0320. The number of H-pyrrole nitrogens is 3. The van der Waals surface area contributed by atoms with Gasteiger partial charge in [-0.3, -0.25) is 9.59 Å². The molecule has 6 heterocycles. The molecule has 6 aromatic heterocycles. The molecule has 0 spiro atoms. The van der Waals surface area contributed by atoms with Gasteiger partial charge in [0.1, 0.15) is 15.1 Å². The lowest BCUT2D eigenvalue weighted by Crippen LogP contribution is -2.31. The van der Waals surface area contributed by atoms with Crippen LogP contribution in [0, 0.1) is 0 Å². The highest BCUT2D eigenvalue weighted by atomic mass is 79.9. The van der Waals surface area contributed by atoms with Gasteiger partial charge in [-0.1, -0.05) is 247 Å². The van der Waals surface area contributed by atoms with E-state index in [0.29, 0.717) is 58.1 Å². The molecule has 0 aliphatic carbocycles. The Balaban J connectivity index is 0.000000185. The molecule has 0 radical (unpaired) electrons. The normalized spacial score (nSPS) is 11.2. The molecule has 0 aliphatic heterocycles. The number of carbonyl (C=O) groups is 2. The van der Waals surface area contributed by atoms with E-state index in [9.17, 15) is 9.59 Å². The minimum atomic E-state index is -1.54. The van der Waals surface area contributed by atoms with E-state index in [1.807, 2.05) is 116 Å². The summed E-state index contributed by atoms with van der Waals surface area (Å²) >= 11 is 8.28.